The Morgan fingerprint density at radius 1 is 1.24 bits per heavy atom. The van der Waals surface area contributed by atoms with Gasteiger partial charge in [0.2, 0.25) is 5.91 Å². The number of carbonyl (C=O) groups is 2. The number of likely N-dealkylation sites (tertiary alicyclic amines) is 1. The molecule has 0 radical (unpaired) electrons. The summed E-state index contributed by atoms with van der Waals surface area (Å²) in [5.41, 5.74) is 2.45. The third-order valence-electron chi connectivity index (χ3n) is 6.51. The topological polar surface area (TPSA) is 81.3 Å². The maximum Gasteiger partial charge on any atom is 0.273 e. The Hall–Kier alpha value is -2.67. The van der Waals surface area contributed by atoms with E-state index in [1.807, 2.05) is 30.9 Å². The first-order chi connectivity index (χ1) is 15.9. The molecule has 3 rings (SSSR count). The number of hydrogen-bond acceptors (Lipinski definition) is 4. The molecule has 1 fully saturated rings. The second-order valence-electron chi connectivity index (χ2n) is 9.59. The van der Waals surface area contributed by atoms with E-state index in [0.29, 0.717) is 17.7 Å². The third kappa shape index (κ3) is 7.16. The molecule has 2 N–H and O–H groups in total. The number of benzene rings is 1. The van der Waals surface area contributed by atoms with Crippen LogP contribution in [0, 0.1) is 11.8 Å². The summed E-state index contributed by atoms with van der Waals surface area (Å²) >= 11 is 0. The average molecular weight is 454 g/mol. The molecule has 2 heterocycles. The maximum absolute atomic E-state index is 12.3. The van der Waals surface area contributed by atoms with E-state index in [1.54, 1.807) is 0 Å². The van der Waals surface area contributed by atoms with Crippen molar-refractivity contribution in [1.29, 1.82) is 0 Å². The van der Waals surface area contributed by atoms with E-state index < -0.39 is 0 Å². The van der Waals surface area contributed by atoms with Crippen molar-refractivity contribution in [3.05, 3.63) is 48.0 Å². The zero-order valence-corrected chi connectivity index (χ0v) is 20.5. The number of aromatic nitrogens is 2. The molecule has 2 aromatic rings. The third-order valence-corrected chi connectivity index (χ3v) is 6.51. The average Bonchev–Trinajstić information content (AvgIpc) is 3.34. The summed E-state index contributed by atoms with van der Waals surface area (Å²) in [6.07, 6.45) is 7.24. The molecule has 7 nitrogen and oxygen atoms in total. The Morgan fingerprint density at radius 2 is 2.00 bits per heavy atom. The minimum Gasteiger partial charge on any atom is -0.342 e. The Bertz CT molecular complexity index is 888. The summed E-state index contributed by atoms with van der Waals surface area (Å²) in [6, 6.07) is 8.50. The van der Waals surface area contributed by atoms with Gasteiger partial charge in [-0.3, -0.25) is 9.59 Å². The van der Waals surface area contributed by atoms with Gasteiger partial charge in [-0.2, -0.15) is 0 Å². The van der Waals surface area contributed by atoms with Gasteiger partial charge >= 0.3 is 0 Å². The lowest BCUT2D eigenvalue weighted by atomic mass is 9.94. The van der Waals surface area contributed by atoms with E-state index in [-0.39, 0.29) is 17.7 Å². The van der Waals surface area contributed by atoms with Gasteiger partial charge < -0.3 is 20.1 Å². The SMILES string of the molecule is CCCN(CC1CCN(C(=O)C(C)C)CC1)[C@H](C)Cc1cccc(NC(=O)c2cnc[nH]2)c1. The van der Waals surface area contributed by atoms with Crippen LogP contribution in [0.2, 0.25) is 0 Å². The van der Waals surface area contributed by atoms with E-state index in [2.05, 4.69) is 46.2 Å². The first kappa shape index (κ1) is 25.0. The van der Waals surface area contributed by atoms with Crippen LogP contribution in [0.1, 0.15) is 63.0 Å². The van der Waals surface area contributed by atoms with Gasteiger partial charge in [0.15, 0.2) is 0 Å². The van der Waals surface area contributed by atoms with Crippen molar-refractivity contribution in [2.75, 3.05) is 31.5 Å². The summed E-state index contributed by atoms with van der Waals surface area (Å²) in [7, 11) is 0. The number of imidazole rings is 1. The molecular formula is C26H39N5O2. The first-order valence-electron chi connectivity index (χ1n) is 12.3. The highest BCUT2D eigenvalue weighted by Gasteiger charge is 2.26. The lowest BCUT2D eigenvalue weighted by Crippen LogP contribution is -2.45. The van der Waals surface area contributed by atoms with Crippen LogP contribution in [0.4, 0.5) is 5.69 Å². The molecule has 0 saturated carbocycles. The van der Waals surface area contributed by atoms with Gasteiger partial charge in [-0.25, -0.2) is 4.98 Å². The lowest BCUT2D eigenvalue weighted by molar-refractivity contribution is -0.135. The molecule has 1 aromatic carbocycles. The van der Waals surface area contributed by atoms with Crippen LogP contribution in [0.15, 0.2) is 36.8 Å². The molecule has 0 unspecified atom stereocenters. The second kappa shape index (κ2) is 12.0. The monoisotopic (exact) mass is 453 g/mol. The lowest BCUT2D eigenvalue weighted by Gasteiger charge is -2.37. The van der Waals surface area contributed by atoms with Gasteiger partial charge in [0, 0.05) is 37.3 Å². The molecule has 33 heavy (non-hydrogen) atoms. The molecule has 1 aliphatic heterocycles. The van der Waals surface area contributed by atoms with Crippen LogP contribution < -0.4 is 5.32 Å². The van der Waals surface area contributed by atoms with Crippen LogP contribution in [0.3, 0.4) is 0 Å². The smallest absolute Gasteiger partial charge is 0.273 e. The molecule has 0 spiro atoms. The fraction of sp³-hybridized carbons (Fsp3) is 0.577. The number of rotatable bonds is 10. The largest absolute Gasteiger partial charge is 0.342 e. The molecule has 0 aliphatic carbocycles. The minimum absolute atomic E-state index is 0.0817. The van der Waals surface area contributed by atoms with E-state index in [0.717, 1.165) is 57.5 Å². The molecule has 0 bridgehead atoms. The molecule has 1 saturated heterocycles. The summed E-state index contributed by atoms with van der Waals surface area (Å²) in [5.74, 6) is 0.813. The molecule has 1 atom stereocenters. The predicted octanol–water partition coefficient (Wildman–Crippen LogP) is 4.20. The number of H-pyrrole nitrogens is 1. The van der Waals surface area contributed by atoms with Crippen molar-refractivity contribution in [2.45, 2.75) is 59.4 Å². The molecule has 1 aromatic heterocycles. The van der Waals surface area contributed by atoms with E-state index in [9.17, 15) is 9.59 Å². The van der Waals surface area contributed by atoms with Crippen molar-refractivity contribution in [2.24, 2.45) is 11.8 Å². The van der Waals surface area contributed by atoms with Gasteiger partial charge in [-0.1, -0.05) is 32.9 Å². The molecular weight excluding hydrogens is 414 g/mol. The number of aromatic amines is 1. The Labute approximate surface area is 198 Å². The van der Waals surface area contributed by atoms with Crippen molar-refractivity contribution in [3.8, 4) is 0 Å². The van der Waals surface area contributed by atoms with Crippen LogP contribution in [-0.4, -0.2) is 63.8 Å². The van der Waals surface area contributed by atoms with E-state index in [1.165, 1.54) is 18.1 Å². The van der Waals surface area contributed by atoms with Crippen LogP contribution in [0.5, 0.6) is 0 Å². The fourth-order valence-corrected chi connectivity index (χ4v) is 4.64. The summed E-state index contributed by atoms with van der Waals surface area (Å²) in [4.78, 5) is 36.0. The van der Waals surface area contributed by atoms with E-state index >= 15 is 0 Å². The standard InChI is InChI=1S/C26H39N5O2/c1-5-11-31(17-21-9-12-30(13-10-21)26(33)19(2)3)20(4)14-22-7-6-8-23(15-22)29-25(32)24-16-27-18-28-24/h6-8,15-16,18-21H,5,9-14,17H2,1-4H3,(H,27,28)(H,29,32)/t20-/m1/s1. The minimum atomic E-state index is -0.187. The highest BCUT2D eigenvalue weighted by atomic mass is 16.2. The maximum atomic E-state index is 12.3. The summed E-state index contributed by atoms with van der Waals surface area (Å²) < 4.78 is 0. The molecule has 2 amide bonds. The van der Waals surface area contributed by atoms with Crippen molar-refractivity contribution in [1.82, 2.24) is 19.8 Å². The van der Waals surface area contributed by atoms with Gasteiger partial charge in [0.05, 0.1) is 12.5 Å². The Balaban J connectivity index is 1.55. The quantitative estimate of drug-likeness (QED) is 0.565. The summed E-state index contributed by atoms with van der Waals surface area (Å²) in [6.45, 7) is 12.4. The zero-order valence-electron chi connectivity index (χ0n) is 20.5. The van der Waals surface area contributed by atoms with Crippen LogP contribution >= 0.6 is 0 Å². The first-order valence-corrected chi connectivity index (χ1v) is 12.3. The number of anilines is 1. The van der Waals surface area contributed by atoms with Crippen molar-refractivity contribution >= 4 is 17.5 Å². The highest BCUT2D eigenvalue weighted by molar-refractivity contribution is 6.02. The normalized spacial score (nSPS) is 15.8. The van der Waals surface area contributed by atoms with Crippen LogP contribution in [0.25, 0.3) is 0 Å². The van der Waals surface area contributed by atoms with Gasteiger partial charge in [-0.15, -0.1) is 0 Å². The summed E-state index contributed by atoms with van der Waals surface area (Å²) in [5, 5.41) is 2.94. The number of amides is 2. The van der Waals surface area contributed by atoms with Gasteiger partial charge in [0.1, 0.15) is 5.69 Å². The number of carbonyl (C=O) groups excluding carboxylic acids is 2. The predicted molar refractivity (Wildman–Crippen MR) is 132 cm³/mol. The zero-order chi connectivity index (χ0) is 23.8. The van der Waals surface area contributed by atoms with Gasteiger partial charge in [0.25, 0.3) is 5.91 Å². The molecule has 180 valence electrons. The Morgan fingerprint density at radius 3 is 2.64 bits per heavy atom. The number of nitrogens with zero attached hydrogens (tertiary/aromatic N) is 3. The van der Waals surface area contributed by atoms with Crippen molar-refractivity contribution in [3.63, 3.8) is 0 Å². The highest BCUT2D eigenvalue weighted by Crippen LogP contribution is 2.22. The number of nitrogens with one attached hydrogen (secondary N) is 2. The fourth-order valence-electron chi connectivity index (χ4n) is 4.64. The van der Waals surface area contributed by atoms with Crippen LogP contribution in [-0.2, 0) is 11.2 Å². The van der Waals surface area contributed by atoms with Gasteiger partial charge in [-0.05, 0) is 62.8 Å². The second-order valence-corrected chi connectivity index (χ2v) is 9.59. The molecule has 1 aliphatic rings. The number of piperidine rings is 1. The van der Waals surface area contributed by atoms with E-state index in [4.69, 9.17) is 0 Å². The number of hydrogen-bond donors (Lipinski definition) is 2. The van der Waals surface area contributed by atoms with Crippen molar-refractivity contribution < 1.29 is 9.59 Å². The Kier molecular flexibility index (Phi) is 9.06. The molecule has 7 heteroatoms.